The zero-order valence-electron chi connectivity index (χ0n) is 16.7. The second kappa shape index (κ2) is 7.62. The van der Waals surface area contributed by atoms with Crippen molar-refractivity contribution < 1.29 is 14.1 Å². The minimum absolute atomic E-state index is 0.0436. The number of aromatic nitrogens is 3. The van der Waals surface area contributed by atoms with Crippen LogP contribution < -0.4 is 5.32 Å². The van der Waals surface area contributed by atoms with Crippen molar-refractivity contribution >= 4 is 28.7 Å². The molecule has 8 heteroatoms. The Balaban J connectivity index is 1.40. The van der Waals surface area contributed by atoms with Crippen LogP contribution in [0.4, 0.5) is 5.82 Å². The highest BCUT2D eigenvalue weighted by Crippen LogP contribution is 2.22. The van der Waals surface area contributed by atoms with Gasteiger partial charge in [0, 0.05) is 30.6 Å². The van der Waals surface area contributed by atoms with Gasteiger partial charge in [0.2, 0.25) is 5.91 Å². The lowest BCUT2D eigenvalue weighted by Gasteiger charge is -2.31. The Morgan fingerprint density at radius 3 is 2.38 bits per heavy atom. The highest BCUT2D eigenvalue weighted by molar-refractivity contribution is 5.97. The highest BCUT2D eigenvalue weighted by atomic mass is 16.5. The van der Waals surface area contributed by atoms with E-state index >= 15 is 0 Å². The van der Waals surface area contributed by atoms with Gasteiger partial charge in [0.1, 0.15) is 5.76 Å². The second-order valence-corrected chi connectivity index (χ2v) is 7.48. The summed E-state index contributed by atoms with van der Waals surface area (Å²) in [5, 5.41) is 6.56. The Hall–Kier alpha value is -3.29. The van der Waals surface area contributed by atoms with Crippen molar-refractivity contribution in [2.45, 2.75) is 33.6 Å². The predicted molar refractivity (Wildman–Crippen MR) is 108 cm³/mol. The molecule has 29 heavy (non-hydrogen) atoms. The number of nitrogens with zero attached hydrogens (tertiary/aromatic N) is 4. The molecule has 0 radical (unpaired) electrons. The number of nitrogens with one attached hydrogen (secondary N) is 1. The summed E-state index contributed by atoms with van der Waals surface area (Å²) >= 11 is 0. The Morgan fingerprint density at radius 1 is 1.03 bits per heavy atom. The molecule has 3 aromatic rings. The number of aryl methyl sites for hydroxylation is 3. The first-order chi connectivity index (χ1) is 13.9. The van der Waals surface area contributed by atoms with Gasteiger partial charge in [0.15, 0.2) is 5.82 Å². The van der Waals surface area contributed by atoms with Gasteiger partial charge in [-0.1, -0.05) is 5.16 Å². The van der Waals surface area contributed by atoms with Crippen molar-refractivity contribution in [3.8, 4) is 0 Å². The maximum atomic E-state index is 12.9. The summed E-state index contributed by atoms with van der Waals surface area (Å²) in [6.07, 6.45) is 1.22. The third-order valence-corrected chi connectivity index (χ3v) is 5.35. The van der Waals surface area contributed by atoms with E-state index in [0.29, 0.717) is 43.1 Å². The quantitative estimate of drug-likeness (QED) is 0.734. The van der Waals surface area contributed by atoms with E-state index in [4.69, 9.17) is 4.52 Å². The Labute approximate surface area is 168 Å². The van der Waals surface area contributed by atoms with E-state index < -0.39 is 0 Å². The molecule has 0 unspecified atom stereocenters. The average molecular weight is 393 g/mol. The van der Waals surface area contributed by atoms with Gasteiger partial charge in [0.05, 0.1) is 22.4 Å². The molecule has 8 nitrogen and oxygen atoms in total. The van der Waals surface area contributed by atoms with Crippen LogP contribution in [0.25, 0.3) is 11.0 Å². The minimum atomic E-state index is -0.149. The lowest BCUT2D eigenvalue weighted by Crippen LogP contribution is -2.41. The summed E-state index contributed by atoms with van der Waals surface area (Å²) in [6, 6.07) is 7.10. The molecular weight excluding hydrogens is 370 g/mol. The standard InChI is InChI=1S/C21H23N5O3/c1-12-10-19(25-29-12)24-20(27)15-6-8-26(9-7-15)21(28)16-4-5-17-18(11-16)23-14(3)13(2)22-17/h4-5,10-11,15H,6-9H2,1-3H3,(H,24,25,27). The van der Waals surface area contributed by atoms with Gasteiger partial charge in [-0.25, -0.2) is 9.97 Å². The molecule has 1 aromatic carbocycles. The van der Waals surface area contributed by atoms with E-state index in [1.807, 2.05) is 19.9 Å². The molecule has 1 N–H and O–H groups in total. The number of likely N-dealkylation sites (tertiary alicyclic amines) is 1. The van der Waals surface area contributed by atoms with Crippen LogP contribution in [0, 0.1) is 26.7 Å². The fourth-order valence-electron chi connectivity index (χ4n) is 3.54. The average Bonchev–Trinajstić information content (AvgIpc) is 3.12. The van der Waals surface area contributed by atoms with Gasteiger partial charge in [-0.15, -0.1) is 0 Å². The zero-order valence-corrected chi connectivity index (χ0v) is 16.7. The smallest absolute Gasteiger partial charge is 0.253 e. The first-order valence-corrected chi connectivity index (χ1v) is 9.69. The predicted octanol–water partition coefficient (Wildman–Crippen LogP) is 3.03. The molecule has 4 rings (SSSR count). The number of rotatable bonds is 3. The normalized spacial score (nSPS) is 14.9. The zero-order chi connectivity index (χ0) is 20.5. The van der Waals surface area contributed by atoms with Gasteiger partial charge in [-0.2, -0.15) is 0 Å². The molecular formula is C21H23N5O3. The van der Waals surface area contributed by atoms with Crippen molar-refractivity contribution in [2.75, 3.05) is 18.4 Å². The van der Waals surface area contributed by atoms with Gasteiger partial charge in [0.25, 0.3) is 5.91 Å². The Bertz CT molecular complexity index is 1080. The van der Waals surface area contributed by atoms with Crippen LogP contribution in [0.1, 0.15) is 40.3 Å². The third-order valence-electron chi connectivity index (χ3n) is 5.35. The highest BCUT2D eigenvalue weighted by Gasteiger charge is 2.28. The van der Waals surface area contributed by atoms with Crippen LogP contribution in [0.15, 0.2) is 28.8 Å². The number of carbonyl (C=O) groups is 2. The fraction of sp³-hybridized carbons (Fsp3) is 0.381. The number of fused-ring (bicyclic) bond motifs is 1. The lowest BCUT2D eigenvalue weighted by molar-refractivity contribution is -0.121. The molecule has 0 aliphatic carbocycles. The Morgan fingerprint density at radius 2 is 1.72 bits per heavy atom. The van der Waals surface area contributed by atoms with Gasteiger partial charge < -0.3 is 14.7 Å². The van der Waals surface area contributed by atoms with Crippen LogP contribution in [0.2, 0.25) is 0 Å². The summed E-state index contributed by atoms with van der Waals surface area (Å²) in [6.45, 7) is 6.67. The topological polar surface area (TPSA) is 101 Å². The summed E-state index contributed by atoms with van der Waals surface area (Å²) in [4.78, 5) is 36.2. The van der Waals surface area contributed by atoms with Crippen LogP contribution >= 0.6 is 0 Å². The number of carbonyl (C=O) groups excluding carboxylic acids is 2. The number of piperidine rings is 1. The summed E-state index contributed by atoms with van der Waals surface area (Å²) in [5.74, 6) is 0.791. The van der Waals surface area contributed by atoms with Gasteiger partial charge in [-0.05, 0) is 51.8 Å². The van der Waals surface area contributed by atoms with Crippen LogP contribution in [-0.4, -0.2) is 44.9 Å². The molecule has 2 aromatic heterocycles. The van der Waals surface area contributed by atoms with E-state index in [9.17, 15) is 9.59 Å². The Kier molecular flexibility index (Phi) is 5.00. The molecule has 1 aliphatic rings. The molecule has 0 spiro atoms. The van der Waals surface area contributed by atoms with Crippen molar-refractivity contribution in [2.24, 2.45) is 5.92 Å². The molecule has 1 fully saturated rings. The third kappa shape index (κ3) is 3.96. The SMILES string of the molecule is Cc1cc(NC(=O)C2CCN(C(=O)c3ccc4nc(C)c(C)nc4c3)CC2)no1. The molecule has 0 bridgehead atoms. The number of hydrogen-bond acceptors (Lipinski definition) is 6. The molecule has 1 saturated heterocycles. The largest absolute Gasteiger partial charge is 0.360 e. The van der Waals surface area contributed by atoms with E-state index in [1.54, 1.807) is 30.0 Å². The first-order valence-electron chi connectivity index (χ1n) is 9.69. The van der Waals surface area contributed by atoms with E-state index in [0.717, 1.165) is 22.4 Å². The van der Waals surface area contributed by atoms with Crippen LogP contribution in [-0.2, 0) is 4.79 Å². The molecule has 3 heterocycles. The molecule has 0 saturated carbocycles. The lowest BCUT2D eigenvalue weighted by atomic mass is 9.95. The van der Waals surface area contributed by atoms with Crippen molar-refractivity contribution in [3.63, 3.8) is 0 Å². The number of anilines is 1. The second-order valence-electron chi connectivity index (χ2n) is 7.48. The summed E-state index contributed by atoms with van der Waals surface area (Å²) in [5.41, 5.74) is 3.84. The first kappa shape index (κ1) is 19.0. The number of amides is 2. The fourth-order valence-corrected chi connectivity index (χ4v) is 3.54. The number of benzene rings is 1. The molecule has 150 valence electrons. The van der Waals surface area contributed by atoms with Crippen molar-refractivity contribution in [3.05, 3.63) is 47.0 Å². The molecule has 1 aliphatic heterocycles. The summed E-state index contributed by atoms with van der Waals surface area (Å²) in [7, 11) is 0. The van der Waals surface area contributed by atoms with E-state index in [-0.39, 0.29) is 17.7 Å². The maximum Gasteiger partial charge on any atom is 0.253 e. The van der Waals surface area contributed by atoms with Gasteiger partial charge >= 0.3 is 0 Å². The molecule has 0 atom stereocenters. The minimum Gasteiger partial charge on any atom is -0.360 e. The van der Waals surface area contributed by atoms with Crippen LogP contribution in [0.5, 0.6) is 0 Å². The van der Waals surface area contributed by atoms with E-state index in [1.165, 1.54) is 0 Å². The molecule has 2 amide bonds. The van der Waals surface area contributed by atoms with Crippen molar-refractivity contribution in [1.29, 1.82) is 0 Å². The van der Waals surface area contributed by atoms with Gasteiger partial charge in [-0.3, -0.25) is 9.59 Å². The van der Waals surface area contributed by atoms with E-state index in [2.05, 4.69) is 20.4 Å². The van der Waals surface area contributed by atoms with Crippen molar-refractivity contribution in [1.82, 2.24) is 20.0 Å². The summed E-state index contributed by atoms with van der Waals surface area (Å²) < 4.78 is 4.97. The maximum absolute atomic E-state index is 12.9. The van der Waals surface area contributed by atoms with Crippen LogP contribution in [0.3, 0.4) is 0 Å². The monoisotopic (exact) mass is 393 g/mol. The number of hydrogen-bond donors (Lipinski definition) is 1.